The van der Waals surface area contributed by atoms with E-state index >= 15 is 0 Å². The number of hydrogen-bond donors (Lipinski definition) is 6. The average Bonchev–Trinajstić information content (AvgIpc) is 3.16. The van der Waals surface area contributed by atoms with Gasteiger partial charge in [0.1, 0.15) is 13.1 Å². The average molecular weight is 873 g/mol. The van der Waals surface area contributed by atoms with E-state index in [2.05, 4.69) is 24.5 Å². The van der Waals surface area contributed by atoms with E-state index in [9.17, 15) is 49.2 Å². The molecule has 0 aromatic rings. The Bertz CT molecular complexity index is 987. The third kappa shape index (κ3) is 39.8. The smallest absolute Gasteiger partial charge is 0.550 e. The van der Waals surface area contributed by atoms with Gasteiger partial charge in [0.2, 0.25) is 11.8 Å². The molecule has 340 valence electrons. The number of aliphatic hydroxyl groups excluding tert-OH is 2. The van der Waals surface area contributed by atoms with Crippen LogP contribution in [0.15, 0.2) is 0 Å². The predicted molar refractivity (Wildman–Crippen MR) is 224 cm³/mol. The molecule has 0 aromatic heterocycles. The summed E-state index contributed by atoms with van der Waals surface area (Å²) < 4.78 is 1.11. The first-order valence-electron chi connectivity index (χ1n) is 22.0. The van der Waals surface area contributed by atoms with Crippen LogP contribution in [0, 0.1) is 0 Å². The van der Waals surface area contributed by atoms with Crippen LogP contribution in [0.25, 0.3) is 0 Å². The van der Waals surface area contributed by atoms with Gasteiger partial charge in [0.25, 0.3) is 0 Å². The number of unbranched alkanes of at least 4 members (excludes halogenated alkanes) is 10. The van der Waals surface area contributed by atoms with E-state index < -0.39 is 23.9 Å². The van der Waals surface area contributed by atoms with Crippen molar-refractivity contribution in [1.82, 2.24) is 10.6 Å². The zero-order valence-electron chi connectivity index (χ0n) is 36.7. The molecule has 2 amide bonds. The number of quaternary nitrogens is 2. The molecule has 0 spiro atoms. The van der Waals surface area contributed by atoms with Gasteiger partial charge in [-0.1, -0.05) is 52.4 Å². The van der Waals surface area contributed by atoms with Crippen molar-refractivity contribution in [3.05, 3.63) is 0 Å². The maximum absolute atomic E-state index is 12.0. The Morgan fingerprint density at radius 3 is 1.00 bits per heavy atom. The molecule has 0 aliphatic carbocycles. The van der Waals surface area contributed by atoms with Gasteiger partial charge in [0.05, 0.1) is 65.6 Å². The van der Waals surface area contributed by atoms with E-state index in [0.29, 0.717) is 139 Å². The van der Waals surface area contributed by atoms with Gasteiger partial charge in [-0.15, -0.1) is 0 Å². The van der Waals surface area contributed by atoms with Crippen molar-refractivity contribution >= 4 is 73.4 Å². The molecule has 0 rings (SSSR count). The van der Waals surface area contributed by atoms with Crippen LogP contribution in [-0.4, -0.2) is 181 Å². The zero-order chi connectivity index (χ0) is 43.9. The van der Waals surface area contributed by atoms with Gasteiger partial charge >= 0.3 is 49.7 Å². The van der Waals surface area contributed by atoms with Gasteiger partial charge in [-0.05, 0) is 77.0 Å². The van der Waals surface area contributed by atoms with Crippen LogP contribution in [0.1, 0.15) is 155 Å². The minimum atomic E-state index is -1.07. The maximum atomic E-state index is 12.0. The summed E-state index contributed by atoms with van der Waals surface area (Å²) in [6, 6.07) is 0. The van der Waals surface area contributed by atoms with E-state index in [1.54, 1.807) is 0 Å². The standard InChI is InChI=1S/2C21H40N2O6.Ca/c2*1-2-3-4-5-10-19(25)22-13-16-23(17-18-24,14-8-6-11-20(26)27)15-9-7-12-21(28)29;/h2*24H,2-18H2,1H3,(H2-,22,25,26,27,28,29);/q;;+2. The second kappa shape index (κ2) is 41.3. The summed E-state index contributed by atoms with van der Waals surface area (Å²) in [5, 5.41) is 64.0. The number of carboxylic acid groups (broad SMARTS) is 4. The van der Waals surface area contributed by atoms with Crippen LogP contribution in [0.3, 0.4) is 0 Å². The van der Waals surface area contributed by atoms with Gasteiger partial charge in [0, 0.05) is 37.6 Å². The molecule has 0 aliphatic rings. The Balaban J connectivity index is -0.00000105. The van der Waals surface area contributed by atoms with Crippen molar-refractivity contribution in [1.29, 1.82) is 0 Å². The third-order valence-corrected chi connectivity index (χ3v) is 10.6. The van der Waals surface area contributed by atoms with Crippen LogP contribution in [-0.2, 0) is 28.8 Å². The Kier molecular flexibility index (Phi) is 42.8. The van der Waals surface area contributed by atoms with Crippen molar-refractivity contribution in [2.24, 2.45) is 0 Å². The van der Waals surface area contributed by atoms with Crippen LogP contribution >= 0.6 is 0 Å². The van der Waals surface area contributed by atoms with Gasteiger partial charge < -0.3 is 59.8 Å². The molecule has 2 atom stereocenters. The van der Waals surface area contributed by atoms with E-state index in [1.165, 1.54) is 0 Å². The van der Waals surface area contributed by atoms with Crippen molar-refractivity contribution in [3.8, 4) is 0 Å². The van der Waals surface area contributed by atoms with Gasteiger partial charge in [-0.25, -0.2) is 0 Å². The van der Waals surface area contributed by atoms with E-state index in [0.717, 1.165) is 51.4 Å². The molecule has 2 unspecified atom stereocenters. The number of nitrogens with one attached hydrogen (secondary N) is 2. The van der Waals surface area contributed by atoms with Crippen LogP contribution in [0.5, 0.6) is 0 Å². The molecule has 0 saturated carbocycles. The molecular formula is C42H80CaN4O12+2. The fraction of sp³-hybridized carbons (Fsp3) is 0.857. The van der Waals surface area contributed by atoms with E-state index in [1.807, 2.05) is 0 Å². The number of carboxylic acids is 4. The first kappa shape index (κ1) is 61.2. The minimum Gasteiger partial charge on any atom is -0.550 e. The first-order chi connectivity index (χ1) is 27.7. The van der Waals surface area contributed by atoms with Crippen LogP contribution < -0.4 is 20.8 Å². The quantitative estimate of drug-likeness (QED) is 0.0293. The monoisotopic (exact) mass is 873 g/mol. The van der Waals surface area contributed by atoms with Gasteiger partial charge in [0.15, 0.2) is 0 Å². The molecule has 59 heavy (non-hydrogen) atoms. The summed E-state index contributed by atoms with van der Waals surface area (Å²) in [4.78, 5) is 66.8. The molecule has 0 aliphatic heterocycles. The number of carbonyl (C=O) groups is 6. The number of hydrogen-bond acceptors (Lipinski definition) is 10. The van der Waals surface area contributed by atoms with Crippen molar-refractivity contribution < 1.29 is 68.4 Å². The molecule has 0 aromatic carbocycles. The summed E-state index contributed by atoms with van der Waals surface area (Å²) in [6.45, 7) is 10.3. The summed E-state index contributed by atoms with van der Waals surface area (Å²) >= 11 is 0. The topological polar surface area (TPSA) is 254 Å². The Morgan fingerprint density at radius 1 is 0.424 bits per heavy atom. The third-order valence-electron chi connectivity index (χ3n) is 10.6. The number of carbonyl (C=O) groups excluding carboxylic acids is 4. The second-order valence-corrected chi connectivity index (χ2v) is 15.6. The molecule has 0 fully saturated rings. The number of aliphatic carboxylic acids is 4. The number of rotatable bonds is 40. The molecule has 0 bridgehead atoms. The van der Waals surface area contributed by atoms with Crippen LogP contribution in [0.4, 0.5) is 0 Å². The van der Waals surface area contributed by atoms with E-state index in [-0.39, 0.29) is 88.4 Å². The van der Waals surface area contributed by atoms with Gasteiger partial charge in [-0.2, -0.15) is 0 Å². The normalized spacial score (nSPS) is 12.8. The Labute approximate surface area is 384 Å². The Morgan fingerprint density at radius 2 is 0.729 bits per heavy atom. The molecule has 0 saturated heterocycles. The molecular weight excluding hydrogens is 793 g/mol. The van der Waals surface area contributed by atoms with E-state index in [4.69, 9.17) is 10.2 Å². The van der Waals surface area contributed by atoms with Gasteiger partial charge in [-0.3, -0.25) is 19.2 Å². The van der Waals surface area contributed by atoms with Crippen molar-refractivity contribution in [2.75, 3.05) is 78.7 Å². The SMILES string of the molecule is CCCCCCC(=O)NCC[N+](CCO)(CCCCC(=O)[O-])CCCCC(=O)O.CCCCCCC(=O)NCC[N+](CCO)(CCCCC(=O)[O-])CCCCC(=O)O.[Ca+2]. The minimum absolute atomic E-state index is 0. The Hall–Kier alpha value is -2.08. The first-order valence-corrected chi connectivity index (χ1v) is 22.0. The van der Waals surface area contributed by atoms with Crippen LogP contribution in [0.2, 0.25) is 0 Å². The van der Waals surface area contributed by atoms with Crippen molar-refractivity contribution in [3.63, 3.8) is 0 Å². The molecule has 16 nitrogen and oxygen atoms in total. The summed E-state index contributed by atoms with van der Waals surface area (Å²) in [5.74, 6) is -3.72. The summed E-state index contributed by atoms with van der Waals surface area (Å²) in [6.07, 6.45) is 14.6. The molecule has 6 N–H and O–H groups in total. The summed E-state index contributed by atoms with van der Waals surface area (Å²) in [7, 11) is 0. The number of amides is 2. The number of nitrogens with zero attached hydrogens (tertiary/aromatic N) is 2. The number of aliphatic hydroxyl groups is 2. The second-order valence-electron chi connectivity index (χ2n) is 15.6. The fourth-order valence-corrected chi connectivity index (χ4v) is 7.11. The molecule has 0 heterocycles. The molecule has 0 radical (unpaired) electrons. The fourth-order valence-electron chi connectivity index (χ4n) is 7.11. The van der Waals surface area contributed by atoms with Crippen molar-refractivity contribution in [2.45, 2.75) is 155 Å². The summed E-state index contributed by atoms with van der Waals surface area (Å²) in [5.41, 5.74) is 0. The maximum Gasteiger partial charge on any atom is 2.00 e. The predicted octanol–water partition coefficient (Wildman–Crippen LogP) is 1.73. The molecule has 17 heteroatoms. The largest absolute Gasteiger partial charge is 2.00 e. The zero-order valence-corrected chi connectivity index (χ0v) is 38.9.